The average molecular weight is 223 g/mol. The van der Waals surface area contributed by atoms with Gasteiger partial charge in [-0.2, -0.15) is 0 Å². The van der Waals surface area contributed by atoms with Crippen LogP contribution in [0.4, 0.5) is 0 Å². The van der Waals surface area contributed by atoms with Gasteiger partial charge in [-0.3, -0.25) is 0 Å². The summed E-state index contributed by atoms with van der Waals surface area (Å²) < 4.78 is 4.92. The Kier molecular flexibility index (Phi) is 6.08. The van der Waals surface area contributed by atoms with Gasteiger partial charge < -0.3 is 15.2 Å². The van der Waals surface area contributed by atoms with Crippen molar-refractivity contribution in [3.63, 3.8) is 0 Å². The highest BCUT2D eigenvalue weighted by Gasteiger charge is 2.05. The van der Waals surface area contributed by atoms with Crippen molar-refractivity contribution in [2.24, 2.45) is 0 Å². The van der Waals surface area contributed by atoms with Gasteiger partial charge >= 0.3 is 0 Å². The topological polar surface area (TPSA) is 41.5 Å². The molecule has 0 aliphatic carbocycles. The standard InChI is InChI=1S/C13H21NO2/c1-3-11-4-6-12(7-5-11)13(15)10-14-8-9-16-2/h4-7,13-15H,3,8-10H2,1-2H3. The van der Waals surface area contributed by atoms with Crippen molar-refractivity contribution in [2.75, 3.05) is 26.8 Å². The summed E-state index contributed by atoms with van der Waals surface area (Å²) in [6.07, 6.45) is 0.588. The lowest BCUT2D eigenvalue weighted by atomic mass is 10.1. The Labute approximate surface area is 97.4 Å². The highest BCUT2D eigenvalue weighted by Crippen LogP contribution is 2.13. The maximum atomic E-state index is 9.88. The van der Waals surface area contributed by atoms with E-state index in [4.69, 9.17) is 4.74 Å². The molecule has 0 fully saturated rings. The Balaban J connectivity index is 2.37. The molecule has 0 radical (unpaired) electrons. The number of rotatable bonds is 7. The van der Waals surface area contributed by atoms with Crippen molar-refractivity contribution >= 4 is 0 Å². The molecule has 0 saturated heterocycles. The fraction of sp³-hybridized carbons (Fsp3) is 0.538. The molecule has 1 rings (SSSR count). The van der Waals surface area contributed by atoms with Crippen LogP contribution in [0.25, 0.3) is 0 Å². The van der Waals surface area contributed by atoms with Gasteiger partial charge in [-0.05, 0) is 17.5 Å². The summed E-state index contributed by atoms with van der Waals surface area (Å²) in [5, 5.41) is 13.0. The Morgan fingerprint density at radius 1 is 1.31 bits per heavy atom. The number of benzene rings is 1. The van der Waals surface area contributed by atoms with E-state index in [1.54, 1.807) is 7.11 Å². The van der Waals surface area contributed by atoms with Gasteiger partial charge in [-0.1, -0.05) is 31.2 Å². The third-order valence-corrected chi connectivity index (χ3v) is 2.59. The van der Waals surface area contributed by atoms with Crippen molar-refractivity contribution in [1.29, 1.82) is 0 Å². The summed E-state index contributed by atoms with van der Waals surface area (Å²) in [5.41, 5.74) is 2.26. The normalized spacial score (nSPS) is 12.7. The van der Waals surface area contributed by atoms with E-state index in [0.29, 0.717) is 13.2 Å². The van der Waals surface area contributed by atoms with Crippen LogP contribution in [-0.2, 0) is 11.2 Å². The molecule has 0 saturated carbocycles. The van der Waals surface area contributed by atoms with E-state index < -0.39 is 6.10 Å². The van der Waals surface area contributed by atoms with E-state index in [9.17, 15) is 5.11 Å². The maximum absolute atomic E-state index is 9.88. The number of nitrogens with one attached hydrogen (secondary N) is 1. The van der Waals surface area contributed by atoms with Gasteiger partial charge in [0.2, 0.25) is 0 Å². The fourth-order valence-electron chi connectivity index (χ4n) is 1.51. The molecular weight excluding hydrogens is 202 g/mol. The Bertz CT molecular complexity index is 284. The van der Waals surface area contributed by atoms with Gasteiger partial charge in [0.25, 0.3) is 0 Å². The molecule has 16 heavy (non-hydrogen) atoms. The largest absolute Gasteiger partial charge is 0.387 e. The summed E-state index contributed by atoms with van der Waals surface area (Å²) in [4.78, 5) is 0. The zero-order valence-electron chi connectivity index (χ0n) is 10.1. The van der Waals surface area contributed by atoms with Gasteiger partial charge in [0.15, 0.2) is 0 Å². The molecule has 1 atom stereocenters. The highest BCUT2D eigenvalue weighted by atomic mass is 16.5. The molecule has 1 aromatic carbocycles. The minimum atomic E-state index is -0.442. The molecule has 2 N–H and O–H groups in total. The third kappa shape index (κ3) is 4.31. The summed E-state index contributed by atoms with van der Waals surface area (Å²) in [5.74, 6) is 0. The quantitative estimate of drug-likeness (QED) is 0.689. The fourth-order valence-corrected chi connectivity index (χ4v) is 1.51. The van der Waals surface area contributed by atoms with Crippen LogP contribution in [-0.4, -0.2) is 31.9 Å². The molecule has 0 heterocycles. The lowest BCUT2D eigenvalue weighted by Crippen LogP contribution is -2.24. The Morgan fingerprint density at radius 3 is 2.56 bits per heavy atom. The van der Waals surface area contributed by atoms with E-state index in [-0.39, 0.29) is 0 Å². The number of hydrogen-bond donors (Lipinski definition) is 2. The zero-order valence-corrected chi connectivity index (χ0v) is 10.1. The van der Waals surface area contributed by atoms with Crippen LogP contribution in [0.2, 0.25) is 0 Å². The van der Waals surface area contributed by atoms with E-state index in [0.717, 1.165) is 18.5 Å². The van der Waals surface area contributed by atoms with Crippen molar-refractivity contribution in [3.05, 3.63) is 35.4 Å². The number of ether oxygens (including phenoxy) is 1. The summed E-state index contributed by atoms with van der Waals surface area (Å²) in [7, 11) is 1.67. The second-order valence-electron chi connectivity index (χ2n) is 3.81. The average Bonchev–Trinajstić information content (AvgIpc) is 2.34. The van der Waals surface area contributed by atoms with E-state index >= 15 is 0 Å². The molecule has 0 bridgehead atoms. The van der Waals surface area contributed by atoms with Crippen LogP contribution in [0.3, 0.4) is 0 Å². The minimum absolute atomic E-state index is 0.442. The SMILES string of the molecule is CCc1ccc(C(O)CNCCOC)cc1. The summed E-state index contributed by atoms with van der Waals surface area (Å²) in [6, 6.07) is 8.10. The van der Waals surface area contributed by atoms with Crippen molar-refractivity contribution < 1.29 is 9.84 Å². The first kappa shape index (κ1) is 13.2. The second-order valence-corrected chi connectivity index (χ2v) is 3.81. The first-order chi connectivity index (χ1) is 7.77. The van der Waals surface area contributed by atoms with E-state index in [1.807, 2.05) is 12.1 Å². The van der Waals surface area contributed by atoms with E-state index in [1.165, 1.54) is 5.56 Å². The molecule has 3 heteroatoms. The molecule has 0 amide bonds. The van der Waals surface area contributed by atoms with Crippen molar-refractivity contribution in [1.82, 2.24) is 5.32 Å². The lowest BCUT2D eigenvalue weighted by Gasteiger charge is -2.12. The number of aliphatic hydroxyl groups excluding tert-OH is 1. The van der Waals surface area contributed by atoms with Crippen LogP contribution < -0.4 is 5.32 Å². The summed E-state index contributed by atoms with van der Waals surface area (Å²) >= 11 is 0. The maximum Gasteiger partial charge on any atom is 0.0914 e. The van der Waals surface area contributed by atoms with Crippen LogP contribution in [0.5, 0.6) is 0 Å². The Hall–Kier alpha value is -0.900. The third-order valence-electron chi connectivity index (χ3n) is 2.59. The zero-order chi connectivity index (χ0) is 11.8. The van der Waals surface area contributed by atoms with Gasteiger partial charge in [0, 0.05) is 20.2 Å². The number of aryl methyl sites for hydroxylation is 1. The molecular formula is C13H21NO2. The van der Waals surface area contributed by atoms with Gasteiger partial charge in [-0.15, -0.1) is 0 Å². The molecule has 1 unspecified atom stereocenters. The molecule has 0 aromatic heterocycles. The predicted molar refractivity (Wildman–Crippen MR) is 65.5 cm³/mol. The number of methoxy groups -OCH3 is 1. The first-order valence-corrected chi connectivity index (χ1v) is 5.74. The van der Waals surface area contributed by atoms with Crippen LogP contribution in [0.15, 0.2) is 24.3 Å². The second kappa shape index (κ2) is 7.39. The van der Waals surface area contributed by atoms with Crippen molar-refractivity contribution in [2.45, 2.75) is 19.4 Å². The van der Waals surface area contributed by atoms with Gasteiger partial charge in [0.1, 0.15) is 0 Å². The minimum Gasteiger partial charge on any atom is -0.387 e. The molecule has 0 spiro atoms. The van der Waals surface area contributed by atoms with Crippen LogP contribution in [0.1, 0.15) is 24.2 Å². The molecule has 0 aliphatic rings. The highest BCUT2D eigenvalue weighted by molar-refractivity contribution is 5.24. The molecule has 90 valence electrons. The van der Waals surface area contributed by atoms with Gasteiger partial charge in [0.05, 0.1) is 12.7 Å². The lowest BCUT2D eigenvalue weighted by molar-refractivity contribution is 0.161. The number of aliphatic hydroxyl groups is 1. The predicted octanol–water partition coefficient (Wildman–Crippen LogP) is 1.52. The van der Waals surface area contributed by atoms with Gasteiger partial charge in [-0.25, -0.2) is 0 Å². The molecule has 1 aromatic rings. The monoisotopic (exact) mass is 223 g/mol. The molecule has 0 aliphatic heterocycles. The Morgan fingerprint density at radius 2 is 2.00 bits per heavy atom. The van der Waals surface area contributed by atoms with Crippen LogP contribution >= 0.6 is 0 Å². The first-order valence-electron chi connectivity index (χ1n) is 5.74. The smallest absolute Gasteiger partial charge is 0.0914 e. The van der Waals surface area contributed by atoms with Crippen LogP contribution in [0, 0.1) is 0 Å². The van der Waals surface area contributed by atoms with Crippen molar-refractivity contribution in [3.8, 4) is 0 Å². The molecule has 3 nitrogen and oxygen atoms in total. The number of hydrogen-bond acceptors (Lipinski definition) is 3. The van der Waals surface area contributed by atoms with E-state index in [2.05, 4.69) is 24.4 Å². The summed E-state index contributed by atoms with van der Waals surface area (Å²) in [6.45, 7) is 4.12.